The highest BCUT2D eigenvalue weighted by Gasteiger charge is 2.22. The van der Waals surface area contributed by atoms with Gasteiger partial charge in [-0.2, -0.15) is 0 Å². The molecule has 0 amide bonds. The van der Waals surface area contributed by atoms with Crippen molar-refractivity contribution in [3.8, 4) is 11.5 Å². The van der Waals surface area contributed by atoms with Gasteiger partial charge >= 0.3 is 11.9 Å². The van der Waals surface area contributed by atoms with Gasteiger partial charge in [-0.05, 0) is 75.9 Å². The molecule has 0 aliphatic heterocycles. The second-order valence-electron chi connectivity index (χ2n) is 7.27. The van der Waals surface area contributed by atoms with Crippen molar-refractivity contribution >= 4 is 23.5 Å². The highest BCUT2D eigenvalue weighted by molar-refractivity contribution is 6.03. The van der Waals surface area contributed by atoms with E-state index in [2.05, 4.69) is 9.47 Å². The number of phenolic OH excluding ortho intramolecular Hbond substituents is 2. The van der Waals surface area contributed by atoms with Crippen molar-refractivity contribution in [3.05, 3.63) is 56.6 Å². The van der Waals surface area contributed by atoms with Gasteiger partial charge in [0.1, 0.15) is 22.6 Å². The number of Topliss-reactive ketones (excluding diaryl/α,β-unsaturated/α-hetero) is 2. The zero-order chi connectivity index (χ0) is 24.9. The number of carbonyl (C=O) groups is 4. The molecule has 0 atom stereocenters. The normalized spacial score (nSPS) is 10.0. The zero-order valence-corrected chi connectivity index (χ0v) is 19.5. The van der Waals surface area contributed by atoms with Crippen LogP contribution in [0.15, 0.2) is 12.1 Å². The molecule has 0 spiro atoms. The molecule has 172 valence electrons. The van der Waals surface area contributed by atoms with Crippen LogP contribution in [-0.2, 0) is 9.47 Å². The fourth-order valence-electron chi connectivity index (χ4n) is 3.24. The van der Waals surface area contributed by atoms with Crippen molar-refractivity contribution in [3.63, 3.8) is 0 Å². The lowest BCUT2D eigenvalue weighted by Crippen LogP contribution is -2.09. The van der Waals surface area contributed by atoms with Crippen LogP contribution in [0.1, 0.15) is 77.5 Å². The molecule has 32 heavy (non-hydrogen) atoms. The molecule has 2 N–H and O–H groups in total. The minimum atomic E-state index is -0.638. The second kappa shape index (κ2) is 10.6. The first kappa shape index (κ1) is 26.4. The van der Waals surface area contributed by atoms with Crippen molar-refractivity contribution in [2.75, 3.05) is 14.2 Å². The van der Waals surface area contributed by atoms with Gasteiger partial charge < -0.3 is 19.7 Å². The lowest BCUT2D eigenvalue weighted by atomic mass is 9.95. The van der Waals surface area contributed by atoms with Crippen molar-refractivity contribution in [1.82, 2.24) is 0 Å². The molecule has 0 heterocycles. The average molecular weight is 444 g/mol. The van der Waals surface area contributed by atoms with Gasteiger partial charge in [-0.25, -0.2) is 9.59 Å². The number of aromatic hydroxyl groups is 2. The van der Waals surface area contributed by atoms with Crippen LogP contribution in [-0.4, -0.2) is 47.9 Å². The van der Waals surface area contributed by atoms with Crippen LogP contribution in [0, 0.1) is 27.7 Å². The van der Waals surface area contributed by atoms with Gasteiger partial charge in [0, 0.05) is 11.1 Å². The first-order valence-corrected chi connectivity index (χ1v) is 9.64. The quantitative estimate of drug-likeness (QED) is 0.535. The van der Waals surface area contributed by atoms with E-state index in [0.29, 0.717) is 33.4 Å². The van der Waals surface area contributed by atoms with Gasteiger partial charge in [-0.1, -0.05) is 0 Å². The van der Waals surface area contributed by atoms with Crippen LogP contribution < -0.4 is 0 Å². The lowest BCUT2D eigenvalue weighted by molar-refractivity contribution is 0.0586. The monoisotopic (exact) mass is 444 g/mol. The molecule has 2 aromatic carbocycles. The Kier molecular flexibility index (Phi) is 8.70. The van der Waals surface area contributed by atoms with Gasteiger partial charge in [0.2, 0.25) is 0 Å². The molecule has 2 rings (SSSR count). The Morgan fingerprint density at radius 1 is 0.656 bits per heavy atom. The van der Waals surface area contributed by atoms with Gasteiger partial charge in [-0.15, -0.1) is 0 Å². The summed E-state index contributed by atoms with van der Waals surface area (Å²) in [5.41, 5.74) is 2.84. The summed E-state index contributed by atoms with van der Waals surface area (Å²) in [6.07, 6.45) is 0. The van der Waals surface area contributed by atoms with Gasteiger partial charge in [0.15, 0.2) is 11.6 Å². The molecule has 0 aliphatic carbocycles. The van der Waals surface area contributed by atoms with E-state index in [1.54, 1.807) is 39.8 Å². The number of ketones is 2. The van der Waals surface area contributed by atoms with E-state index in [0.717, 1.165) is 0 Å². The molecule has 2 aromatic rings. The molecular weight excluding hydrogens is 416 g/mol. The second-order valence-corrected chi connectivity index (χ2v) is 7.27. The third kappa shape index (κ3) is 5.32. The van der Waals surface area contributed by atoms with Crippen LogP contribution >= 0.6 is 0 Å². The SMILES string of the molecule is COC(=O)c1c(C)c(C(C)=O)cc(C)c1O.COC(=O)c1c(C)c(C(C)=O)cc(C)c1O. The average Bonchev–Trinajstić information content (AvgIpc) is 2.73. The number of ether oxygens (including phenoxy) is 2. The third-order valence-electron chi connectivity index (χ3n) is 5.04. The topological polar surface area (TPSA) is 127 Å². The van der Waals surface area contributed by atoms with Crippen molar-refractivity contribution in [2.24, 2.45) is 0 Å². The number of aryl methyl sites for hydroxylation is 2. The zero-order valence-electron chi connectivity index (χ0n) is 19.5. The predicted molar refractivity (Wildman–Crippen MR) is 118 cm³/mol. The number of rotatable bonds is 4. The molecule has 0 aromatic heterocycles. The number of hydrogen-bond donors (Lipinski definition) is 2. The molecule has 0 radical (unpaired) electrons. The highest BCUT2D eigenvalue weighted by Crippen LogP contribution is 2.30. The third-order valence-corrected chi connectivity index (χ3v) is 5.04. The molecule has 0 bridgehead atoms. The fraction of sp³-hybridized carbons (Fsp3) is 0.333. The molecule has 0 aliphatic rings. The summed E-state index contributed by atoms with van der Waals surface area (Å²) in [4.78, 5) is 45.7. The van der Waals surface area contributed by atoms with Crippen LogP contribution in [0.25, 0.3) is 0 Å². The lowest BCUT2D eigenvalue weighted by Gasteiger charge is -2.12. The smallest absolute Gasteiger partial charge is 0.341 e. The number of benzene rings is 2. The maximum atomic E-state index is 11.5. The van der Waals surface area contributed by atoms with E-state index in [1.807, 2.05) is 0 Å². The maximum absolute atomic E-state index is 11.5. The maximum Gasteiger partial charge on any atom is 0.341 e. The van der Waals surface area contributed by atoms with Gasteiger partial charge in [-0.3, -0.25) is 9.59 Å². The van der Waals surface area contributed by atoms with Crippen LogP contribution in [0.3, 0.4) is 0 Å². The Morgan fingerprint density at radius 3 is 1.16 bits per heavy atom. The van der Waals surface area contributed by atoms with E-state index < -0.39 is 11.9 Å². The summed E-state index contributed by atoms with van der Waals surface area (Å²) >= 11 is 0. The Bertz CT molecular complexity index is 1010. The summed E-state index contributed by atoms with van der Waals surface area (Å²) in [7, 11) is 2.47. The summed E-state index contributed by atoms with van der Waals surface area (Å²) in [5.74, 6) is -1.83. The van der Waals surface area contributed by atoms with Gasteiger partial charge in [0.25, 0.3) is 0 Å². The van der Waals surface area contributed by atoms with E-state index in [9.17, 15) is 29.4 Å². The Hall–Kier alpha value is -3.68. The summed E-state index contributed by atoms with van der Waals surface area (Å²) in [6.45, 7) is 9.32. The van der Waals surface area contributed by atoms with E-state index in [1.165, 1.54) is 28.1 Å². The van der Waals surface area contributed by atoms with Crippen LogP contribution in [0.2, 0.25) is 0 Å². The molecule has 0 saturated heterocycles. The van der Waals surface area contributed by atoms with E-state index in [4.69, 9.17) is 0 Å². The molecule has 0 unspecified atom stereocenters. The van der Waals surface area contributed by atoms with Crippen LogP contribution in [0.4, 0.5) is 0 Å². The van der Waals surface area contributed by atoms with E-state index >= 15 is 0 Å². The number of esters is 2. The minimum Gasteiger partial charge on any atom is -0.507 e. The number of carbonyl (C=O) groups excluding carboxylic acids is 4. The number of phenols is 2. The summed E-state index contributed by atoms with van der Waals surface area (Å²) in [5, 5.41) is 19.5. The minimum absolute atomic E-state index is 0.0627. The molecule has 0 fully saturated rings. The van der Waals surface area contributed by atoms with Gasteiger partial charge in [0.05, 0.1) is 14.2 Å². The fourth-order valence-corrected chi connectivity index (χ4v) is 3.24. The largest absolute Gasteiger partial charge is 0.507 e. The Balaban J connectivity index is 0.000000320. The highest BCUT2D eigenvalue weighted by atomic mass is 16.5. The molecule has 8 nitrogen and oxygen atoms in total. The Labute approximate surface area is 186 Å². The molecule has 8 heteroatoms. The van der Waals surface area contributed by atoms with Crippen LogP contribution in [0.5, 0.6) is 11.5 Å². The molecule has 0 saturated carbocycles. The first-order chi connectivity index (χ1) is 14.8. The van der Waals surface area contributed by atoms with E-state index in [-0.39, 0.29) is 34.2 Å². The standard InChI is InChI=1S/2C12H14O4/c2*1-6-5-9(8(3)13)7(2)10(11(6)14)12(15)16-4/h2*5,14H,1-4H3. The van der Waals surface area contributed by atoms with Crippen molar-refractivity contribution < 1.29 is 38.9 Å². The first-order valence-electron chi connectivity index (χ1n) is 9.64. The number of hydrogen-bond acceptors (Lipinski definition) is 8. The number of methoxy groups -OCH3 is 2. The summed E-state index contributed by atoms with van der Waals surface area (Å²) < 4.78 is 9.15. The summed E-state index contributed by atoms with van der Waals surface area (Å²) in [6, 6.07) is 3.14. The predicted octanol–water partition coefficient (Wildman–Crippen LogP) is 4.00. The van der Waals surface area contributed by atoms with Crippen molar-refractivity contribution in [1.29, 1.82) is 0 Å². The Morgan fingerprint density at radius 2 is 0.938 bits per heavy atom. The molecular formula is C24H28O8. The van der Waals surface area contributed by atoms with Crippen molar-refractivity contribution in [2.45, 2.75) is 41.5 Å².